The second kappa shape index (κ2) is 8.02. The number of nitrogens with zero attached hydrogens (tertiary/aromatic N) is 2. The third-order valence-electron chi connectivity index (χ3n) is 2.30. The van der Waals surface area contributed by atoms with E-state index in [1.165, 1.54) is 0 Å². The molecule has 0 spiro atoms. The van der Waals surface area contributed by atoms with Crippen LogP contribution in [0.4, 0.5) is 11.5 Å². The lowest BCUT2D eigenvalue weighted by molar-refractivity contribution is -0.384. The molecule has 0 radical (unpaired) electrons. The van der Waals surface area contributed by atoms with E-state index in [9.17, 15) is 14.9 Å². The molecule has 0 amide bonds. The van der Waals surface area contributed by atoms with Gasteiger partial charge in [-0.2, -0.15) is 0 Å². The highest BCUT2D eigenvalue weighted by Crippen LogP contribution is 2.22. The Kier molecular flexibility index (Phi) is 6.33. The maximum Gasteiger partial charge on any atom is 0.337 e. The molecule has 0 unspecified atom stereocenters. The number of aliphatic hydroxyl groups is 1. The molecule has 110 valence electrons. The molecule has 1 rings (SSSR count). The number of aromatic nitrogens is 1. The number of carboxylic acids is 1. The zero-order chi connectivity index (χ0) is 15.0. The number of hydrogen-bond acceptors (Lipinski definition) is 7. The zero-order valence-electron chi connectivity index (χ0n) is 10.6. The van der Waals surface area contributed by atoms with Gasteiger partial charge < -0.3 is 20.3 Å². The molecule has 20 heavy (non-hydrogen) atoms. The molecule has 0 bridgehead atoms. The van der Waals surface area contributed by atoms with Crippen molar-refractivity contribution in [1.82, 2.24) is 4.98 Å². The molecule has 0 fully saturated rings. The second-order valence-electron chi connectivity index (χ2n) is 3.77. The van der Waals surface area contributed by atoms with E-state index in [2.05, 4.69) is 10.3 Å². The molecule has 0 aliphatic carbocycles. The molecule has 0 saturated heterocycles. The number of aliphatic hydroxyl groups excluding tert-OH is 1. The van der Waals surface area contributed by atoms with Crippen LogP contribution in [0.25, 0.3) is 0 Å². The molecule has 0 atom stereocenters. The van der Waals surface area contributed by atoms with E-state index < -0.39 is 10.9 Å². The first-order valence-electron chi connectivity index (χ1n) is 5.86. The average Bonchev–Trinajstić information content (AvgIpc) is 2.42. The Morgan fingerprint density at radius 2 is 2.25 bits per heavy atom. The predicted molar refractivity (Wildman–Crippen MR) is 68.9 cm³/mol. The van der Waals surface area contributed by atoms with Crippen LogP contribution < -0.4 is 5.32 Å². The summed E-state index contributed by atoms with van der Waals surface area (Å²) >= 11 is 0. The Labute approximate surface area is 114 Å². The first-order chi connectivity index (χ1) is 9.56. The van der Waals surface area contributed by atoms with Crippen molar-refractivity contribution in [3.05, 3.63) is 27.9 Å². The third kappa shape index (κ3) is 4.78. The summed E-state index contributed by atoms with van der Waals surface area (Å²) in [4.78, 5) is 24.6. The molecule has 3 N–H and O–H groups in total. The third-order valence-corrected chi connectivity index (χ3v) is 2.30. The van der Waals surface area contributed by atoms with Gasteiger partial charge in [0.1, 0.15) is 0 Å². The first kappa shape index (κ1) is 15.8. The van der Waals surface area contributed by atoms with Crippen molar-refractivity contribution < 1.29 is 24.7 Å². The maximum absolute atomic E-state index is 10.9. The number of hydrogen-bond donors (Lipinski definition) is 3. The van der Waals surface area contributed by atoms with Gasteiger partial charge in [0.15, 0.2) is 0 Å². The molecule has 9 nitrogen and oxygen atoms in total. The number of carbonyl (C=O) groups is 1. The molecule has 9 heteroatoms. The van der Waals surface area contributed by atoms with Crippen molar-refractivity contribution in [2.24, 2.45) is 0 Å². The highest BCUT2D eigenvalue weighted by molar-refractivity contribution is 5.88. The van der Waals surface area contributed by atoms with Gasteiger partial charge >= 0.3 is 11.7 Å². The SMILES string of the molecule is O=C(O)c1cnc(NCCCOCCO)c([N+](=O)[O-])c1. The van der Waals surface area contributed by atoms with E-state index in [1.807, 2.05) is 0 Å². The van der Waals surface area contributed by atoms with E-state index in [0.717, 1.165) is 12.3 Å². The number of rotatable bonds is 9. The number of carboxylic acid groups (broad SMARTS) is 1. The van der Waals surface area contributed by atoms with Crippen molar-refractivity contribution in [2.75, 3.05) is 31.7 Å². The summed E-state index contributed by atoms with van der Waals surface area (Å²) < 4.78 is 5.03. The minimum Gasteiger partial charge on any atom is -0.478 e. The first-order valence-corrected chi connectivity index (χ1v) is 5.86. The molecule has 1 heterocycles. The van der Waals surface area contributed by atoms with Gasteiger partial charge in [0.2, 0.25) is 5.82 Å². The van der Waals surface area contributed by atoms with Crippen molar-refractivity contribution >= 4 is 17.5 Å². The van der Waals surface area contributed by atoms with Gasteiger partial charge in [-0.3, -0.25) is 10.1 Å². The van der Waals surface area contributed by atoms with Crippen molar-refractivity contribution in [2.45, 2.75) is 6.42 Å². The smallest absolute Gasteiger partial charge is 0.337 e. The van der Waals surface area contributed by atoms with Crippen LogP contribution in [0, 0.1) is 10.1 Å². The standard InChI is InChI=1S/C11H15N3O6/c15-3-5-20-4-1-2-12-10-9(14(18)19)6-8(7-13-10)11(16)17/h6-7,15H,1-5H2,(H,12,13)(H,16,17). The van der Waals surface area contributed by atoms with Crippen LogP contribution in [0.1, 0.15) is 16.8 Å². The molecule has 1 aromatic heterocycles. The molecule has 0 aromatic carbocycles. The number of anilines is 1. The van der Waals surface area contributed by atoms with Gasteiger partial charge in [0.25, 0.3) is 0 Å². The van der Waals surface area contributed by atoms with Crippen LogP contribution in [-0.4, -0.2) is 52.5 Å². The Balaban J connectivity index is 2.60. The summed E-state index contributed by atoms with van der Waals surface area (Å²) in [7, 11) is 0. The number of nitro groups is 1. The van der Waals surface area contributed by atoms with Crippen LogP contribution in [0.15, 0.2) is 12.3 Å². The largest absolute Gasteiger partial charge is 0.478 e. The van der Waals surface area contributed by atoms with Crippen molar-refractivity contribution in [3.63, 3.8) is 0 Å². The van der Waals surface area contributed by atoms with E-state index in [0.29, 0.717) is 19.6 Å². The lowest BCUT2D eigenvalue weighted by atomic mass is 10.2. The van der Waals surface area contributed by atoms with E-state index >= 15 is 0 Å². The predicted octanol–water partition coefficient (Wildman–Crippen LogP) is 0.499. The fourth-order valence-corrected chi connectivity index (χ4v) is 1.39. The number of ether oxygens (including phenoxy) is 1. The summed E-state index contributed by atoms with van der Waals surface area (Å²) in [6.45, 7) is 0.961. The quantitative estimate of drug-likeness (QED) is 0.339. The molecule has 1 aromatic rings. The Bertz CT molecular complexity index is 479. The zero-order valence-corrected chi connectivity index (χ0v) is 10.6. The fraction of sp³-hybridized carbons (Fsp3) is 0.455. The average molecular weight is 285 g/mol. The van der Waals surface area contributed by atoms with Gasteiger partial charge in [-0.05, 0) is 6.42 Å². The molecule has 0 saturated carbocycles. The summed E-state index contributed by atoms with van der Waals surface area (Å²) in [5, 5.41) is 30.9. The fourth-order valence-electron chi connectivity index (χ4n) is 1.39. The monoisotopic (exact) mass is 285 g/mol. The van der Waals surface area contributed by atoms with Crippen LogP contribution in [0.3, 0.4) is 0 Å². The number of nitrogens with one attached hydrogen (secondary N) is 1. The second-order valence-corrected chi connectivity index (χ2v) is 3.77. The van der Waals surface area contributed by atoms with Crippen molar-refractivity contribution in [3.8, 4) is 0 Å². The summed E-state index contributed by atoms with van der Waals surface area (Å²) in [5.74, 6) is -1.26. The minimum atomic E-state index is -1.27. The highest BCUT2D eigenvalue weighted by atomic mass is 16.6. The summed E-state index contributed by atoms with van der Waals surface area (Å²) in [5.41, 5.74) is -0.630. The Morgan fingerprint density at radius 3 is 2.85 bits per heavy atom. The molecule has 0 aliphatic heterocycles. The van der Waals surface area contributed by atoms with Gasteiger partial charge in [0, 0.05) is 25.4 Å². The van der Waals surface area contributed by atoms with Gasteiger partial charge in [-0.15, -0.1) is 0 Å². The Morgan fingerprint density at radius 1 is 1.50 bits per heavy atom. The Hall–Kier alpha value is -2.26. The highest BCUT2D eigenvalue weighted by Gasteiger charge is 2.18. The van der Waals surface area contributed by atoms with Crippen LogP contribution >= 0.6 is 0 Å². The van der Waals surface area contributed by atoms with Gasteiger partial charge in [-0.25, -0.2) is 9.78 Å². The van der Waals surface area contributed by atoms with Gasteiger partial charge in [-0.1, -0.05) is 0 Å². The number of aromatic carboxylic acids is 1. The van der Waals surface area contributed by atoms with Gasteiger partial charge in [0.05, 0.1) is 23.7 Å². The normalized spacial score (nSPS) is 10.2. The van der Waals surface area contributed by atoms with E-state index in [-0.39, 0.29) is 30.3 Å². The topological polar surface area (TPSA) is 135 Å². The lowest BCUT2D eigenvalue weighted by Crippen LogP contribution is -2.10. The van der Waals surface area contributed by atoms with E-state index in [4.69, 9.17) is 14.9 Å². The van der Waals surface area contributed by atoms with Crippen LogP contribution in [0.5, 0.6) is 0 Å². The summed E-state index contributed by atoms with van der Waals surface area (Å²) in [6, 6.07) is 0.958. The van der Waals surface area contributed by atoms with Crippen LogP contribution in [0.2, 0.25) is 0 Å². The minimum absolute atomic E-state index is 0.0159. The maximum atomic E-state index is 10.9. The van der Waals surface area contributed by atoms with Crippen molar-refractivity contribution in [1.29, 1.82) is 0 Å². The summed E-state index contributed by atoms with van der Waals surface area (Å²) in [6.07, 6.45) is 1.62. The molecular weight excluding hydrogens is 270 g/mol. The molecule has 0 aliphatic rings. The number of pyridine rings is 1. The molecular formula is C11H15N3O6. The van der Waals surface area contributed by atoms with E-state index in [1.54, 1.807) is 0 Å². The van der Waals surface area contributed by atoms with Crippen LogP contribution in [-0.2, 0) is 4.74 Å². The lowest BCUT2D eigenvalue weighted by Gasteiger charge is -2.07.